The number of hydrogen-bond donors (Lipinski definition) is 1. The third kappa shape index (κ3) is 3.43. The minimum Gasteiger partial charge on any atom is -0.393 e. The highest BCUT2D eigenvalue weighted by atomic mass is 16.3. The quantitative estimate of drug-likeness (QED) is 0.637. The number of rotatable bonds is 3. The Morgan fingerprint density at radius 3 is 2.53 bits per heavy atom. The van der Waals surface area contributed by atoms with Gasteiger partial charge >= 0.3 is 0 Å². The largest absolute Gasteiger partial charge is 0.393 e. The van der Waals surface area contributed by atoms with Crippen LogP contribution in [-0.4, -0.2) is 35.0 Å². The molecule has 3 heteroatoms. The summed E-state index contributed by atoms with van der Waals surface area (Å²) >= 11 is 0. The molecule has 2 rings (SSSR count). The molecule has 0 aromatic heterocycles. The number of ketones is 1. The summed E-state index contributed by atoms with van der Waals surface area (Å²) in [4.78, 5) is 13.9. The van der Waals surface area contributed by atoms with Gasteiger partial charge < -0.3 is 10.0 Å². The molecule has 1 saturated heterocycles. The average Bonchev–Trinajstić information content (AvgIpc) is 2.39. The number of piperidine rings is 1. The SMILES string of the molecule is O=C(/C=C/N1CCC(O)CC1)c1ccccc1. The summed E-state index contributed by atoms with van der Waals surface area (Å²) in [5.74, 6) is 0.0247. The van der Waals surface area contributed by atoms with Crippen LogP contribution in [0.2, 0.25) is 0 Å². The van der Waals surface area contributed by atoms with Gasteiger partial charge in [-0.1, -0.05) is 30.3 Å². The number of allylic oxidation sites excluding steroid dienone is 1. The number of aliphatic hydroxyl groups is 1. The van der Waals surface area contributed by atoms with Crippen LogP contribution in [0.1, 0.15) is 23.2 Å². The van der Waals surface area contributed by atoms with Gasteiger partial charge in [0.25, 0.3) is 0 Å². The van der Waals surface area contributed by atoms with E-state index in [2.05, 4.69) is 4.90 Å². The van der Waals surface area contributed by atoms with Gasteiger partial charge in [-0.2, -0.15) is 0 Å². The Labute approximate surface area is 101 Å². The fourth-order valence-corrected chi connectivity index (χ4v) is 1.91. The minimum absolute atomic E-state index is 0.0247. The molecule has 1 heterocycles. The number of carbonyl (C=O) groups excluding carboxylic acids is 1. The van der Waals surface area contributed by atoms with E-state index in [0.717, 1.165) is 25.9 Å². The van der Waals surface area contributed by atoms with E-state index in [1.807, 2.05) is 36.5 Å². The van der Waals surface area contributed by atoms with Crippen LogP contribution >= 0.6 is 0 Å². The lowest BCUT2D eigenvalue weighted by Gasteiger charge is -2.28. The zero-order valence-corrected chi connectivity index (χ0v) is 9.75. The van der Waals surface area contributed by atoms with Crippen molar-refractivity contribution in [3.8, 4) is 0 Å². The van der Waals surface area contributed by atoms with Crippen molar-refractivity contribution in [3.63, 3.8) is 0 Å². The van der Waals surface area contributed by atoms with Crippen LogP contribution in [0.25, 0.3) is 0 Å². The van der Waals surface area contributed by atoms with Crippen molar-refractivity contribution in [2.24, 2.45) is 0 Å². The first-order valence-corrected chi connectivity index (χ1v) is 5.95. The third-order valence-electron chi connectivity index (χ3n) is 2.99. The van der Waals surface area contributed by atoms with E-state index in [0.29, 0.717) is 5.56 Å². The first-order chi connectivity index (χ1) is 8.25. The predicted molar refractivity (Wildman–Crippen MR) is 66.7 cm³/mol. The van der Waals surface area contributed by atoms with Gasteiger partial charge in [-0.15, -0.1) is 0 Å². The molecule has 0 spiro atoms. The summed E-state index contributed by atoms with van der Waals surface area (Å²) in [6.45, 7) is 1.64. The molecule has 1 aromatic carbocycles. The fourth-order valence-electron chi connectivity index (χ4n) is 1.91. The van der Waals surface area contributed by atoms with Gasteiger partial charge in [0.05, 0.1) is 6.10 Å². The molecule has 1 aliphatic rings. The summed E-state index contributed by atoms with van der Waals surface area (Å²) in [5, 5.41) is 9.36. The molecule has 17 heavy (non-hydrogen) atoms. The number of nitrogens with zero attached hydrogens (tertiary/aromatic N) is 1. The van der Waals surface area contributed by atoms with Crippen LogP contribution < -0.4 is 0 Å². The second-order valence-corrected chi connectivity index (χ2v) is 4.31. The van der Waals surface area contributed by atoms with Crippen molar-refractivity contribution >= 4 is 5.78 Å². The Morgan fingerprint density at radius 1 is 1.24 bits per heavy atom. The monoisotopic (exact) mass is 231 g/mol. The maximum absolute atomic E-state index is 11.8. The van der Waals surface area contributed by atoms with Crippen molar-refractivity contribution in [2.75, 3.05) is 13.1 Å². The summed E-state index contributed by atoms with van der Waals surface area (Å²) in [6.07, 6.45) is 4.83. The molecule has 0 bridgehead atoms. The highest BCUT2D eigenvalue weighted by Crippen LogP contribution is 2.10. The zero-order chi connectivity index (χ0) is 12.1. The van der Waals surface area contributed by atoms with Crippen molar-refractivity contribution in [3.05, 3.63) is 48.2 Å². The van der Waals surface area contributed by atoms with Gasteiger partial charge in [0.2, 0.25) is 0 Å². The van der Waals surface area contributed by atoms with Crippen LogP contribution in [0.4, 0.5) is 0 Å². The number of aliphatic hydroxyl groups excluding tert-OH is 1. The van der Waals surface area contributed by atoms with Gasteiger partial charge in [-0.3, -0.25) is 4.79 Å². The Kier molecular flexibility index (Phi) is 3.94. The Balaban J connectivity index is 1.90. The predicted octanol–water partition coefficient (Wildman–Crippen LogP) is 1.84. The van der Waals surface area contributed by atoms with Crippen molar-refractivity contribution in [1.82, 2.24) is 4.90 Å². The minimum atomic E-state index is -0.176. The van der Waals surface area contributed by atoms with Gasteiger partial charge in [-0.25, -0.2) is 0 Å². The second-order valence-electron chi connectivity index (χ2n) is 4.31. The van der Waals surface area contributed by atoms with Crippen molar-refractivity contribution < 1.29 is 9.90 Å². The summed E-state index contributed by atoms with van der Waals surface area (Å²) in [6, 6.07) is 9.24. The second kappa shape index (κ2) is 5.64. The average molecular weight is 231 g/mol. The van der Waals surface area contributed by atoms with E-state index >= 15 is 0 Å². The first kappa shape index (κ1) is 11.9. The maximum Gasteiger partial charge on any atom is 0.187 e. The Morgan fingerprint density at radius 2 is 1.88 bits per heavy atom. The van der Waals surface area contributed by atoms with Gasteiger partial charge in [-0.05, 0) is 12.8 Å². The van der Waals surface area contributed by atoms with Crippen LogP contribution in [0.3, 0.4) is 0 Å². The Hall–Kier alpha value is -1.61. The van der Waals surface area contributed by atoms with Crippen LogP contribution in [-0.2, 0) is 0 Å². The lowest BCUT2D eigenvalue weighted by molar-refractivity contribution is 0.100. The van der Waals surface area contributed by atoms with Crippen molar-refractivity contribution in [1.29, 1.82) is 0 Å². The van der Waals surface area contributed by atoms with E-state index < -0.39 is 0 Å². The van der Waals surface area contributed by atoms with Crippen LogP contribution in [0.5, 0.6) is 0 Å². The topological polar surface area (TPSA) is 40.5 Å². The number of likely N-dealkylation sites (tertiary alicyclic amines) is 1. The molecule has 0 unspecified atom stereocenters. The molecule has 0 amide bonds. The molecular formula is C14H17NO2. The van der Waals surface area contributed by atoms with E-state index in [1.165, 1.54) is 0 Å². The summed E-state index contributed by atoms with van der Waals surface area (Å²) < 4.78 is 0. The maximum atomic E-state index is 11.8. The zero-order valence-electron chi connectivity index (χ0n) is 9.75. The summed E-state index contributed by atoms with van der Waals surface area (Å²) in [5.41, 5.74) is 0.709. The van der Waals surface area contributed by atoms with Crippen LogP contribution in [0, 0.1) is 0 Å². The van der Waals surface area contributed by atoms with E-state index in [1.54, 1.807) is 6.08 Å². The number of hydrogen-bond acceptors (Lipinski definition) is 3. The molecular weight excluding hydrogens is 214 g/mol. The molecule has 0 saturated carbocycles. The van der Waals surface area contributed by atoms with E-state index in [-0.39, 0.29) is 11.9 Å². The Bertz CT molecular complexity index is 392. The fraction of sp³-hybridized carbons (Fsp3) is 0.357. The lowest BCUT2D eigenvalue weighted by atomic mass is 10.1. The van der Waals surface area contributed by atoms with Gasteiger partial charge in [0, 0.05) is 30.9 Å². The normalized spacial score (nSPS) is 17.6. The standard InChI is InChI=1S/C14H17NO2/c16-13-6-9-15(10-7-13)11-8-14(17)12-4-2-1-3-5-12/h1-5,8,11,13,16H,6-7,9-10H2/b11-8+. The van der Waals surface area contributed by atoms with E-state index in [4.69, 9.17) is 0 Å². The third-order valence-corrected chi connectivity index (χ3v) is 2.99. The first-order valence-electron chi connectivity index (χ1n) is 5.95. The van der Waals surface area contributed by atoms with Gasteiger partial charge in [0.1, 0.15) is 0 Å². The smallest absolute Gasteiger partial charge is 0.187 e. The van der Waals surface area contributed by atoms with Crippen molar-refractivity contribution in [2.45, 2.75) is 18.9 Å². The number of benzene rings is 1. The molecule has 0 radical (unpaired) electrons. The molecule has 3 nitrogen and oxygen atoms in total. The molecule has 1 aromatic rings. The number of carbonyl (C=O) groups is 1. The summed E-state index contributed by atoms with van der Waals surface area (Å²) in [7, 11) is 0. The molecule has 1 N–H and O–H groups in total. The van der Waals surface area contributed by atoms with E-state index in [9.17, 15) is 9.90 Å². The lowest BCUT2D eigenvalue weighted by Crippen LogP contribution is -2.32. The van der Waals surface area contributed by atoms with Gasteiger partial charge in [0.15, 0.2) is 5.78 Å². The highest BCUT2D eigenvalue weighted by Gasteiger charge is 2.14. The molecule has 0 atom stereocenters. The van der Waals surface area contributed by atoms with Crippen LogP contribution in [0.15, 0.2) is 42.6 Å². The molecule has 1 aliphatic heterocycles. The molecule has 1 fully saturated rings. The highest BCUT2D eigenvalue weighted by molar-refractivity contribution is 6.04. The molecule has 90 valence electrons. The molecule has 0 aliphatic carbocycles.